The number of carbonyl (C=O) groups is 2. The van der Waals surface area contributed by atoms with E-state index in [0.717, 1.165) is 11.3 Å². The lowest BCUT2D eigenvalue weighted by molar-refractivity contribution is 0.0690. The molecule has 1 aromatic heterocycles. The molecule has 0 spiro atoms. The number of aromatic carboxylic acids is 1. The third-order valence-corrected chi connectivity index (χ3v) is 3.24. The predicted octanol–water partition coefficient (Wildman–Crippen LogP) is 1.62. The van der Waals surface area contributed by atoms with Crippen LogP contribution >= 0.6 is 0 Å². The molecule has 0 saturated heterocycles. The summed E-state index contributed by atoms with van der Waals surface area (Å²) in [7, 11) is 3.14. The number of methoxy groups -OCH3 is 1. The van der Waals surface area contributed by atoms with Gasteiger partial charge in [0.2, 0.25) is 0 Å². The average molecular weight is 303 g/mol. The zero-order chi connectivity index (χ0) is 16.3. The summed E-state index contributed by atoms with van der Waals surface area (Å²) in [5, 5.41) is 15.7. The first-order chi connectivity index (χ1) is 10.4. The Kier molecular flexibility index (Phi) is 4.45. The Balaban J connectivity index is 2.15. The maximum atomic E-state index is 12.2. The Bertz CT molecular complexity index is 691. The van der Waals surface area contributed by atoms with Gasteiger partial charge in [0.15, 0.2) is 5.69 Å². The van der Waals surface area contributed by atoms with Crippen LogP contribution in [0.4, 0.5) is 0 Å². The molecule has 0 bridgehead atoms. The fraction of sp³-hybridized carbons (Fsp3) is 0.267. The number of hydrogen-bond acceptors (Lipinski definition) is 4. The minimum absolute atomic E-state index is 0.102. The molecule has 2 rings (SSSR count). The third kappa shape index (κ3) is 3.25. The highest BCUT2D eigenvalue weighted by Crippen LogP contribution is 2.18. The molecule has 1 heterocycles. The summed E-state index contributed by atoms with van der Waals surface area (Å²) in [5.41, 5.74) is 0.652. The van der Waals surface area contributed by atoms with E-state index in [2.05, 4.69) is 10.4 Å². The Hall–Kier alpha value is -2.83. The first kappa shape index (κ1) is 15.6. The van der Waals surface area contributed by atoms with E-state index in [1.54, 1.807) is 26.3 Å². The van der Waals surface area contributed by atoms with Crippen LogP contribution in [-0.4, -0.2) is 33.9 Å². The fourth-order valence-corrected chi connectivity index (χ4v) is 2.05. The molecule has 0 unspecified atom stereocenters. The van der Waals surface area contributed by atoms with Crippen molar-refractivity contribution in [3.63, 3.8) is 0 Å². The van der Waals surface area contributed by atoms with E-state index >= 15 is 0 Å². The van der Waals surface area contributed by atoms with Crippen LogP contribution in [-0.2, 0) is 7.05 Å². The lowest BCUT2D eigenvalue weighted by atomic mass is 10.1. The molecule has 0 aliphatic heterocycles. The van der Waals surface area contributed by atoms with Gasteiger partial charge in [-0.2, -0.15) is 5.10 Å². The third-order valence-electron chi connectivity index (χ3n) is 3.24. The Morgan fingerprint density at radius 1 is 1.32 bits per heavy atom. The van der Waals surface area contributed by atoms with Crippen molar-refractivity contribution in [1.82, 2.24) is 15.1 Å². The van der Waals surface area contributed by atoms with Crippen molar-refractivity contribution < 1.29 is 19.4 Å². The number of aryl methyl sites for hydroxylation is 1. The van der Waals surface area contributed by atoms with Crippen molar-refractivity contribution in [1.29, 1.82) is 0 Å². The monoisotopic (exact) mass is 303 g/mol. The number of carboxylic acids is 1. The minimum atomic E-state index is -1.18. The molecule has 1 amide bonds. The Morgan fingerprint density at radius 3 is 2.50 bits per heavy atom. The summed E-state index contributed by atoms with van der Waals surface area (Å²) in [4.78, 5) is 23.3. The number of aromatic nitrogens is 2. The number of ether oxygens (including phenoxy) is 1. The van der Waals surface area contributed by atoms with Crippen molar-refractivity contribution in [2.24, 2.45) is 7.05 Å². The van der Waals surface area contributed by atoms with E-state index in [9.17, 15) is 9.59 Å². The standard InChI is InChI=1S/C15H17N3O4/c1-9(10-4-6-11(22-3)7-5-10)16-14(19)13-12(15(20)21)8-18(2)17-13/h4-9H,1-3H3,(H,16,19)(H,20,21)/t9-/m0/s1. The van der Waals surface area contributed by atoms with Crippen molar-refractivity contribution in [3.05, 3.63) is 47.3 Å². The molecule has 0 radical (unpaired) electrons. The number of nitrogens with one attached hydrogen (secondary N) is 1. The van der Waals surface area contributed by atoms with E-state index in [4.69, 9.17) is 9.84 Å². The van der Waals surface area contributed by atoms with Gasteiger partial charge < -0.3 is 15.2 Å². The normalized spacial score (nSPS) is 11.8. The van der Waals surface area contributed by atoms with Crippen molar-refractivity contribution in [2.45, 2.75) is 13.0 Å². The van der Waals surface area contributed by atoms with Crippen LogP contribution in [0.25, 0.3) is 0 Å². The van der Waals surface area contributed by atoms with Crippen molar-refractivity contribution >= 4 is 11.9 Å². The van der Waals surface area contributed by atoms with Gasteiger partial charge >= 0.3 is 5.97 Å². The van der Waals surface area contributed by atoms with Gasteiger partial charge in [0, 0.05) is 13.2 Å². The summed E-state index contributed by atoms with van der Waals surface area (Å²) in [6.07, 6.45) is 1.30. The van der Waals surface area contributed by atoms with Gasteiger partial charge in [-0.15, -0.1) is 0 Å². The van der Waals surface area contributed by atoms with Gasteiger partial charge in [-0.05, 0) is 24.6 Å². The second-order valence-electron chi connectivity index (χ2n) is 4.84. The molecule has 7 heteroatoms. The smallest absolute Gasteiger partial charge is 0.339 e. The van der Waals surface area contributed by atoms with Crippen molar-refractivity contribution in [3.8, 4) is 5.75 Å². The fourth-order valence-electron chi connectivity index (χ4n) is 2.05. The molecule has 0 saturated carbocycles. The molecule has 1 aromatic carbocycles. The Morgan fingerprint density at radius 2 is 1.95 bits per heavy atom. The maximum Gasteiger partial charge on any atom is 0.339 e. The SMILES string of the molecule is COc1ccc([C@H](C)NC(=O)c2nn(C)cc2C(=O)O)cc1. The summed E-state index contributed by atoms with van der Waals surface area (Å²) < 4.78 is 6.38. The van der Waals surface area contributed by atoms with Crippen LogP contribution in [0.5, 0.6) is 5.75 Å². The number of carboxylic acid groups (broad SMARTS) is 1. The summed E-state index contributed by atoms with van der Waals surface area (Å²) in [5.74, 6) is -0.989. The summed E-state index contributed by atoms with van der Waals surface area (Å²) in [6, 6.07) is 6.96. The number of rotatable bonds is 5. The number of hydrogen-bond donors (Lipinski definition) is 2. The highest BCUT2D eigenvalue weighted by atomic mass is 16.5. The molecule has 0 aliphatic carbocycles. The molecule has 0 fully saturated rings. The molecule has 2 aromatic rings. The molecule has 22 heavy (non-hydrogen) atoms. The predicted molar refractivity (Wildman–Crippen MR) is 79.0 cm³/mol. The number of nitrogens with zero attached hydrogens (tertiary/aromatic N) is 2. The van der Waals surface area contributed by atoms with Crippen LogP contribution in [0.15, 0.2) is 30.5 Å². The molecular formula is C15H17N3O4. The van der Waals surface area contributed by atoms with Gasteiger partial charge in [0.05, 0.1) is 13.2 Å². The van der Waals surface area contributed by atoms with E-state index in [1.807, 2.05) is 19.1 Å². The van der Waals surface area contributed by atoms with E-state index in [0.29, 0.717) is 0 Å². The van der Waals surface area contributed by atoms with Crippen LogP contribution in [0.3, 0.4) is 0 Å². The molecule has 0 aliphatic rings. The van der Waals surface area contributed by atoms with Crippen LogP contribution < -0.4 is 10.1 Å². The van der Waals surface area contributed by atoms with E-state index in [-0.39, 0.29) is 17.3 Å². The minimum Gasteiger partial charge on any atom is -0.497 e. The van der Waals surface area contributed by atoms with Gasteiger partial charge in [0.25, 0.3) is 5.91 Å². The van der Waals surface area contributed by atoms with Gasteiger partial charge in [0.1, 0.15) is 11.3 Å². The van der Waals surface area contributed by atoms with Crippen LogP contribution in [0.1, 0.15) is 39.4 Å². The lowest BCUT2D eigenvalue weighted by Gasteiger charge is -2.14. The van der Waals surface area contributed by atoms with Crippen LogP contribution in [0.2, 0.25) is 0 Å². The first-order valence-corrected chi connectivity index (χ1v) is 6.64. The zero-order valence-electron chi connectivity index (χ0n) is 12.5. The van der Waals surface area contributed by atoms with Crippen LogP contribution in [0, 0.1) is 0 Å². The number of amides is 1. The first-order valence-electron chi connectivity index (χ1n) is 6.64. The molecule has 116 valence electrons. The largest absolute Gasteiger partial charge is 0.497 e. The molecule has 2 N–H and O–H groups in total. The molecule has 1 atom stereocenters. The lowest BCUT2D eigenvalue weighted by Crippen LogP contribution is -2.28. The highest BCUT2D eigenvalue weighted by molar-refractivity contribution is 6.03. The zero-order valence-corrected chi connectivity index (χ0v) is 12.5. The average Bonchev–Trinajstić information content (AvgIpc) is 2.89. The molecular weight excluding hydrogens is 286 g/mol. The topological polar surface area (TPSA) is 93.5 Å². The maximum absolute atomic E-state index is 12.2. The van der Waals surface area contributed by atoms with Gasteiger partial charge in [-0.1, -0.05) is 12.1 Å². The number of benzene rings is 1. The van der Waals surface area contributed by atoms with Crippen molar-refractivity contribution in [2.75, 3.05) is 7.11 Å². The number of carbonyl (C=O) groups excluding carboxylic acids is 1. The van der Waals surface area contributed by atoms with Gasteiger partial charge in [-0.25, -0.2) is 4.79 Å². The van der Waals surface area contributed by atoms with E-state index < -0.39 is 11.9 Å². The van der Waals surface area contributed by atoms with Gasteiger partial charge in [-0.3, -0.25) is 9.48 Å². The Labute approximate surface area is 127 Å². The second kappa shape index (κ2) is 6.30. The molecule has 7 nitrogen and oxygen atoms in total. The second-order valence-corrected chi connectivity index (χ2v) is 4.84. The quantitative estimate of drug-likeness (QED) is 0.875. The highest BCUT2D eigenvalue weighted by Gasteiger charge is 2.22. The summed E-state index contributed by atoms with van der Waals surface area (Å²) in [6.45, 7) is 1.81. The van der Waals surface area contributed by atoms with E-state index in [1.165, 1.54) is 10.9 Å². The summed E-state index contributed by atoms with van der Waals surface area (Å²) >= 11 is 0.